The van der Waals surface area contributed by atoms with Crippen LogP contribution in [-0.2, 0) is 13.1 Å². The summed E-state index contributed by atoms with van der Waals surface area (Å²) in [4.78, 5) is 44.3. The van der Waals surface area contributed by atoms with Crippen molar-refractivity contribution in [2.75, 3.05) is 0 Å². The number of para-hydroxylation sites is 1. The van der Waals surface area contributed by atoms with Crippen molar-refractivity contribution in [1.82, 2.24) is 14.5 Å². The first kappa shape index (κ1) is 25.1. The number of aromatic nitrogens is 2. The van der Waals surface area contributed by atoms with Gasteiger partial charge in [0.25, 0.3) is 17.2 Å². The first-order valence-electron chi connectivity index (χ1n) is 11.6. The van der Waals surface area contributed by atoms with E-state index in [1.165, 1.54) is 18.4 Å². The Morgan fingerprint density at radius 1 is 1.19 bits per heavy atom. The van der Waals surface area contributed by atoms with Crippen molar-refractivity contribution in [3.63, 3.8) is 0 Å². The fourth-order valence-corrected chi connectivity index (χ4v) is 4.52. The molecule has 0 saturated carbocycles. The second-order valence-electron chi connectivity index (χ2n) is 8.30. The molecule has 2 aromatic carbocycles. The van der Waals surface area contributed by atoms with Gasteiger partial charge < -0.3 is 9.32 Å². The van der Waals surface area contributed by atoms with E-state index in [1.807, 2.05) is 19.9 Å². The van der Waals surface area contributed by atoms with Crippen molar-refractivity contribution in [3.05, 3.63) is 103 Å². The van der Waals surface area contributed by atoms with Gasteiger partial charge in [0.2, 0.25) is 0 Å². The molecule has 0 spiro atoms. The molecule has 0 N–H and O–H groups in total. The minimum atomic E-state index is -0.599. The summed E-state index contributed by atoms with van der Waals surface area (Å²) in [7, 11) is 0. The summed E-state index contributed by atoms with van der Waals surface area (Å²) in [6.45, 7) is 4.40. The lowest BCUT2D eigenvalue weighted by Gasteiger charge is -2.32. The van der Waals surface area contributed by atoms with Crippen LogP contribution in [0, 0.1) is 10.1 Å². The molecule has 1 unspecified atom stereocenters. The average Bonchev–Trinajstić information content (AvgIpc) is 3.39. The van der Waals surface area contributed by atoms with Crippen LogP contribution < -0.4 is 5.56 Å². The van der Waals surface area contributed by atoms with Crippen molar-refractivity contribution in [2.24, 2.45) is 0 Å². The van der Waals surface area contributed by atoms with Crippen LogP contribution in [0.15, 0.2) is 70.1 Å². The molecular weight excluding hydrogens is 484 g/mol. The molecule has 4 aromatic rings. The molecule has 0 aliphatic rings. The number of hydrogen-bond donors (Lipinski definition) is 0. The molecule has 0 radical (unpaired) electrons. The van der Waals surface area contributed by atoms with Crippen molar-refractivity contribution in [3.8, 4) is 0 Å². The molecule has 0 fully saturated rings. The Morgan fingerprint density at radius 2 is 1.97 bits per heavy atom. The van der Waals surface area contributed by atoms with Gasteiger partial charge in [0.05, 0.1) is 45.3 Å². The van der Waals surface area contributed by atoms with Gasteiger partial charge in [-0.3, -0.25) is 24.3 Å². The van der Waals surface area contributed by atoms with Crippen molar-refractivity contribution in [1.29, 1.82) is 0 Å². The lowest BCUT2D eigenvalue weighted by molar-refractivity contribution is -0.384. The van der Waals surface area contributed by atoms with E-state index in [2.05, 4.69) is 0 Å². The predicted molar refractivity (Wildman–Crippen MR) is 136 cm³/mol. The van der Waals surface area contributed by atoms with E-state index in [4.69, 9.17) is 21.0 Å². The zero-order chi connectivity index (χ0) is 25.8. The summed E-state index contributed by atoms with van der Waals surface area (Å²) in [6, 6.07) is 13.7. The predicted octanol–water partition coefficient (Wildman–Crippen LogP) is 5.75. The van der Waals surface area contributed by atoms with Crippen LogP contribution in [0.2, 0.25) is 5.02 Å². The van der Waals surface area contributed by atoms with E-state index >= 15 is 0 Å². The van der Waals surface area contributed by atoms with Gasteiger partial charge in [-0.15, -0.1) is 0 Å². The Kier molecular flexibility index (Phi) is 7.49. The maximum atomic E-state index is 13.9. The monoisotopic (exact) mass is 508 g/mol. The normalized spacial score (nSPS) is 12.0. The number of nitro benzene ring substituents is 1. The third-order valence-electron chi connectivity index (χ3n) is 5.96. The molecule has 2 aromatic heterocycles. The number of fused-ring (bicyclic) bond motifs is 1. The summed E-state index contributed by atoms with van der Waals surface area (Å²) in [5.41, 5.74) is 0.267. The number of nitrogens with zero attached hydrogens (tertiary/aromatic N) is 4. The molecule has 0 aliphatic carbocycles. The molecule has 9 nitrogen and oxygen atoms in total. The topological polar surface area (TPSA) is 111 Å². The van der Waals surface area contributed by atoms with Crippen molar-refractivity contribution < 1.29 is 14.1 Å². The smallest absolute Gasteiger partial charge is 0.270 e. The molecule has 1 amide bonds. The van der Waals surface area contributed by atoms with Crippen LogP contribution in [0.4, 0.5) is 5.69 Å². The molecule has 4 rings (SSSR count). The SMILES string of the molecule is CCCn1c(C(CC)N(Cc2ccco2)C(=O)c2ccc([N+](=O)[O-])cc2Cl)nc2ccccc2c1=O. The van der Waals surface area contributed by atoms with E-state index in [1.54, 1.807) is 39.8 Å². The number of carbonyl (C=O) groups excluding carboxylic acids is 1. The molecule has 10 heteroatoms. The van der Waals surface area contributed by atoms with Crippen LogP contribution in [0.1, 0.15) is 54.7 Å². The number of carbonyl (C=O) groups is 1. The number of non-ortho nitro benzene ring substituents is 1. The average molecular weight is 509 g/mol. The zero-order valence-corrected chi connectivity index (χ0v) is 20.6. The molecule has 0 bridgehead atoms. The van der Waals surface area contributed by atoms with Crippen LogP contribution in [0.3, 0.4) is 0 Å². The van der Waals surface area contributed by atoms with E-state index in [0.29, 0.717) is 41.9 Å². The highest BCUT2D eigenvalue weighted by molar-refractivity contribution is 6.34. The fraction of sp³-hybridized carbons (Fsp3) is 0.269. The number of amides is 1. The Bertz CT molecular complexity index is 1470. The van der Waals surface area contributed by atoms with E-state index in [9.17, 15) is 19.7 Å². The first-order valence-corrected chi connectivity index (χ1v) is 12.0. The zero-order valence-electron chi connectivity index (χ0n) is 19.9. The lowest BCUT2D eigenvalue weighted by Crippen LogP contribution is -2.38. The highest BCUT2D eigenvalue weighted by Gasteiger charge is 2.31. The van der Waals surface area contributed by atoms with Crippen LogP contribution >= 0.6 is 11.6 Å². The standard InChI is InChI=1S/C26H25ClN4O5/c1-3-13-29-24(28-22-10-6-5-9-20(22)26(29)33)23(4-2)30(16-18-8-7-14-36-18)25(32)19-12-11-17(31(34)35)15-21(19)27/h5-12,14-15,23H,3-4,13,16H2,1-2H3. The molecular formula is C26H25ClN4O5. The molecule has 2 heterocycles. The second-order valence-corrected chi connectivity index (χ2v) is 8.71. The lowest BCUT2D eigenvalue weighted by atomic mass is 10.1. The number of hydrogen-bond acceptors (Lipinski definition) is 6. The molecule has 0 aliphatic heterocycles. The van der Waals surface area contributed by atoms with Gasteiger partial charge in [-0.2, -0.15) is 0 Å². The van der Waals surface area contributed by atoms with Gasteiger partial charge in [0, 0.05) is 18.7 Å². The summed E-state index contributed by atoms with van der Waals surface area (Å²) < 4.78 is 7.15. The minimum Gasteiger partial charge on any atom is -0.467 e. The number of furan rings is 1. The van der Waals surface area contributed by atoms with Gasteiger partial charge in [-0.05, 0) is 43.2 Å². The number of nitro groups is 1. The molecule has 1 atom stereocenters. The van der Waals surface area contributed by atoms with Crippen LogP contribution in [-0.4, -0.2) is 25.3 Å². The number of halogens is 1. The summed E-state index contributed by atoms with van der Waals surface area (Å²) >= 11 is 6.33. The Labute approximate surface area is 212 Å². The third kappa shape index (κ3) is 4.87. The number of benzene rings is 2. The van der Waals surface area contributed by atoms with E-state index in [-0.39, 0.29) is 28.4 Å². The highest BCUT2D eigenvalue weighted by Crippen LogP contribution is 2.31. The van der Waals surface area contributed by atoms with Crippen molar-refractivity contribution in [2.45, 2.75) is 45.8 Å². The first-order chi connectivity index (χ1) is 17.3. The fourth-order valence-electron chi connectivity index (χ4n) is 4.26. The maximum Gasteiger partial charge on any atom is 0.270 e. The summed E-state index contributed by atoms with van der Waals surface area (Å²) in [5, 5.41) is 11.6. The summed E-state index contributed by atoms with van der Waals surface area (Å²) in [6.07, 6.45) is 2.66. The molecule has 0 saturated heterocycles. The minimum absolute atomic E-state index is 0.0362. The van der Waals surface area contributed by atoms with E-state index in [0.717, 1.165) is 6.07 Å². The van der Waals surface area contributed by atoms with Crippen LogP contribution in [0.5, 0.6) is 0 Å². The van der Waals surface area contributed by atoms with Gasteiger partial charge in [0.1, 0.15) is 11.6 Å². The largest absolute Gasteiger partial charge is 0.467 e. The van der Waals surface area contributed by atoms with Gasteiger partial charge in [0.15, 0.2) is 0 Å². The highest BCUT2D eigenvalue weighted by atomic mass is 35.5. The Morgan fingerprint density at radius 3 is 2.61 bits per heavy atom. The Hall–Kier alpha value is -3.98. The molecule has 36 heavy (non-hydrogen) atoms. The second kappa shape index (κ2) is 10.7. The molecule has 186 valence electrons. The van der Waals surface area contributed by atoms with Gasteiger partial charge >= 0.3 is 0 Å². The Balaban J connectivity index is 1.88. The third-order valence-corrected chi connectivity index (χ3v) is 6.27. The maximum absolute atomic E-state index is 13.9. The van der Waals surface area contributed by atoms with Crippen LogP contribution in [0.25, 0.3) is 10.9 Å². The van der Waals surface area contributed by atoms with Gasteiger partial charge in [-0.1, -0.05) is 37.6 Å². The van der Waals surface area contributed by atoms with E-state index < -0.39 is 16.9 Å². The van der Waals surface area contributed by atoms with Crippen molar-refractivity contribution >= 4 is 34.1 Å². The quantitative estimate of drug-likeness (QED) is 0.210. The summed E-state index contributed by atoms with van der Waals surface area (Å²) in [5.74, 6) is 0.537. The number of rotatable bonds is 9. The van der Waals surface area contributed by atoms with Gasteiger partial charge in [-0.25, -0.2) is 4.98 Å².